The summed E-state index contributed by atoms with van der Waals surface area (Å²) in [5.41, 5.74) is 7.10. The first-order valence-electron chi connectivity index (χ1n) is 4.71. The van der Waals surface area contributed by atoms with Gasteiger partial charge in [-0.2, -0.15) is 0 Å². The minimum atomic E-state index is -0.112. The van der Waals surface area contributed by atoms with Gasteiger partial charge in [-0.1, -0.05) is 0 Å². The average Bonchev–Trinajstić information content (AvgIpc) is 2.26. The van der Waals surface area contributed by atoms with E-state index in [1.807, 2.05) is 25.1 Å². The molecule has 0 atom stereocenters. The third-order valence-electron chi connectivity index (χ3n) is 2.31. The molecule has 4 heteroatoms. The van der Waals surface area contributed by atoms with Crippen molar-refractivity contribution in [1.82, 2.24) is 0 Å². The Hall–Kier alpha value is -1.55. The quantitative estimate of drug-likeness (QED) is 0.803. The van der Waals surface area contributed by atoms with Crippen molar-refractivity contribution in [3.05, 3.63) is 23.8 Å². The summed E-state index contributed by atoms with van der Waals surface area (Å²) < 4.78 is 5.14. The molecule has 0 aromatic heterocycles. The number of carbonyl (C=O) groups is 1. The lowest BCUT2D eigenvalue weighted by atomic mass is 10.2. The fraction of sp³-hybridized carbons (Fsp3) is 0.364. The summed E-state index contributed by atoms with van der Waals surface area (Å²) in [4.78, 5) is 12.9. The van der Waals surface area contributed by atoms with E-state index in [9.17, 15) is 4.79 Å². The molecular formula is C11H16N2O2. The van der Waals surface area contributed by atoms with Crippen LogP contribution in [0.2, 0.25) is 0 Å². The van der Waals surface area contributed by atoms with E-state index in [2.05, 4.69) is 0 Å². The first-order chi connectivity index (χ1) is 7.10. The molecule has 1 aromatic carbocycles. The third kappa shape index (κ3) is 2.47. The molecule has 0 aliphatic heterocycles. The van der Waals surface area contributed by atoms with E-state index >= 15 is 0 Å². The maximum absolute atomic E-state index is 11.3. The molecule has 0 heterocycles. The number of rotatable bonds is 3. The number of ether oxygens (including phenoxy) is 1. The van der Waals surface area contributed by atoms with E-state index in [0.717, 1.165) is 17.0 Å². The Morgan fingerprint density at radius 2 is 2.20 bits per heavy atom. The second kappa shape index (κ2) is 4.79. The van der Waals surface area contributed by atoms with Crippen molar-refractivity contribution in [3.8, 4) is 5.75 Å². The molecule has 0 bridgehead atoms. The molecule has 0 aliphatic carbocycles. The number of methoxy groups -OCH3 is 1. The largest absolute Gasteiger partial charge is 0.496 e. The highest BCUT2D eigenvalue weighted by Crippen LogP contribution is 2.23. The van der Waals surface area contributed by atoms with Gasteiger partial charge in [-0.3, -0.25) is 4.79 Å². The molecule has 0 spiro atoms. The van der Waals surface area contributed by atoms with Gasteiger partial charge in [-0.05, 0) is 30.7 Å². The minimum absolute atomic E-state index is 0.0155. The highest BCUT2D eigenvalue weighted by atomic mass is 16.5. The zero-order valence-electron chi connectivity index (χ0n) is 9.28. The lowest BCUT2D eigenvalue weighted by molar-refractivity contribution is -0.117. The van der Waals surface area contributed by atoms with Crippen LogP contribution in [0.25, 0.3) is 0 Å². The number of benzene rings is 1. The molecule has 0 saturated carbocycles. The predicted octanol–water partition coefficient (Wildman–Crippen LogP) is 0.925. The van der Waals surface area contributed by atoms with Gasteiger partial charge in [0.25, 0.3) is 0 Å². The van der Waals surface area contributed by atoms with E-state index < -0.39 is 0 Å². The van der Waals surface area contributed by atoms with Gasteiger partial charge in [0.05, 0.1) is 13.7 Å². The van der Waals surface area contributed by atoms with Gasteiger partial charge in [-0.25, -0.2) is 0 Å². The number of nitrogens with zero attached hydrogens (tertiary/aromatic N) is 1. The second-order valence-electron chi connectivity index (χ2n) is 3.31. The Kier molecular flexibility index (Phi) is 3.68. The van der Waals surface area contributed by atoms with Crippen molar-refractivity contribution in [2.24, 2.45) is 5.73 Å². The van der Waals surface area contributed by atoms with Crippen molar-refractivity contribution in [3.63, 3.8) is 0 Å². The van der Waals surface area contributed by atoms with E-state index in [1.165, 1.54) is 4.90 Å². The lowest BCUT2D eigenvalue weighted by Gasteiger charge is -2.17. The Morgan fingerprint density at radius 3 is 2.67 bits per heavy atom. The van der Waals surface area contributed by atoms with Crippen LogP contribution in [0.1, 0.15) is 5.56 Å². The zero-order valence-corrected chi connectivity index (χ0v) is 9.28. The Morgan fingerprint density at radius 1 is 1.53 bits per heavy atom. The smallest absolute Gasteiger partial charge is 0.240 e. The molecule has 0 saturated heterocycles. The first kappa shape index (κ1) is 11.5. The van der Waals surface area contributed by atoms with Crippen LogP contribution in [0.5, 0.6) is 5.75 Å². The molecule has 2 N–H and O–H groups in total. The van der Waals surface area contributed by atoms with Crippen LogP contribution in [-0.4, -0.2) is 26.6 Å². The van der Waals surface area contributed by atoms with Gasteiger partial charge in [-0.15, -0.1) is 0 Å². The summed E-state index contributed by atoms with van der Waals surface area (Å²) in [5.74, 6) is 0.701. The fourth-order valence-electron chi connectivity index (χ4n) is 1.35. The molecule has 0 unspecified atom stereocenters. The van der Waals surface area contributed by atoms with Gasteiger partial charge in [0, 0.05) is 12.7 Å². The van der Waals surface area contributed by atoms with Crippen molar-refractivity contribution < 1.29 is 9.53 Å². The molecule has 1 amide bonds. The molecule has 0 radical (unpaired) electrons. The summed E-state index contributed by atoms with van der Waals surface area (Å²) in [6, 6.07) is 5.57. The molecular weight excluding hydrogens is 192 g/mol. The number of aryl methyl sites for hydroxylation is 1. The second-order valence-corrected chi connectivity index (χ2v) is 3.31. The third-order valence-corrected chi connectivity index (χ3v) is 2.31. The van der Waals surface area contributed by atoms with Crippen molar-refractivity contribution >= 4 is 11.6 Å². The molecule has 1 rings (SSSR count). The molecule has 4 nitrogen and oxygen atoms in total. The first-order valence-corrected chi connectivity index (χ1v) is 4.71. The number of hydrogen-bond donors (Lipinski definition) is 1. The minimum Gasteiger partial charge on any atom is -0.496 e. The molecule has 15 heavy (non-hydrogen) atoms. The number of anilines is 1. The highest BCUT2D eigenvalue weighted by Gasteiger charge is 2.09. The zero-order chi connectivity index (χ0) is 11.4. The maximum Gasteiger partial charge on any atom is 0.240 e. The standard InChI is InChI=1S/C11H16N2O2/c1-8-6-9(4-5-10(8)15-3)13(2)11(14)7-12/h4-6H,7,12H2,1-3H3. The van der Waals surface area contributed by atoms with Crippen molar-refractivity contribution in [2.45, 2.75) is 6.92 Å². The van der Waals surface area contributed by atoms with Crippen LogP contribution in [-0.2, 0) is 4.79 Å². The summed E-state index contributed by atoms with van der Waals surface area (Å²) in [6.45, 7) is 1.95. The van der Waals surface area contributed by atoms with Crippen LogP contribution in [0.4, 0.5) is 5.69 Å². The SMILES string of the molecule is COc1ccc(N(C)C(=O)CN)cc1C. The summed E-state index contributed by atoms with van der Waals surface area (Å²) in [5, 5.41) is 0. The van der Waals surface area contributed by atoms with E-state index in [1.54, 1.807) is 14.2 Å². The van der Waals surface area contributed by atoms with Gasteiger partial charge >= 0.3 is 0 Å². The topological polar surface area (TPSA) is 55.6 Å². The van der Waals surface area contributed by atoms with Crippen LogP contribution < -0.4 is 15.4 Å². The molecule has 82 valence electrons. The predicted molar refractivity (Wildman–Crippen MR) is 60.2 cm³/mol. The molecule has 0 fully saturated rings. The molecule has 0 aliphatic rings. The van der Waals surface area contributed by atoms with Gasteiger partial charge < -0.3 is 15.4 Å². The average molecular weight is 208 g/mol. The Labute approximate surface area is 89.6 Å². The normalized spacial score (nSPS) is 9.87. The van der Waals surface area contributed by atoms with Crippen molar-refractivity contribution in [2.75, 3.05) is 25.6 Å². The van der Waals surface area contributed by atoms with E-state index in [4.69, 9.17) is 10.5 Å². The fourth-order valence-corrected chi connectivity index (χ4v) is 1.35. The summed E-state index contributed by atoms with van der Waals surface area (Å²) in [6.07, 6.45) is 0. The monoisotopic (exact) mass is 208 g/mol. The van der Waals surface area contributed by atoms with Gasteiger partial charge in [0.1, 0.15) is 5.75 Å². The van der Waals surface area contributed by atoms with Gasteiger partial charge in [0.2, 0.25) is 5.91 Å². The number of hydrogen-bond acceptors (Lipinski definition) is 3. The number of nitrogens with two attached hydrogens (primary N) is 1. The van der Waals surface area contributed by atoms with Crippen molar-refractivity contribution in [1.29, 1.82) is 0 Å². The lowest BCUT2D eigenvalue weighted by Crippen LogP contribution is -2.32. The number of likely N-dealkylation sites (N-methyl/N-ethyl adjacent to an activating group) is 1. The van der Waals surface area contributed by atoms with E-state index in [-0.39, 0.29) is 12.5 Å². The number of carbonyl (C=O) groups excluding carboxylic acids is 1. The van der Waals surface area contributed by atoms with Crippen LogP contribution in [0.3, 0.4) is 0 Å². The highest BCUT2D eigenvalue weighted by molar-refractivity contribution is 5.94. The number of amides is 1. The summed E-state index contributed by atoms with van der Waals surface area (Å²) >= 11 is 0. The van der Waals surface area contributed by atoms with Crippen LogP contribution in [0, 0.1) is 6.92 Å². The molecule has 1 aromatic rings. The van der Waals surface area contributed by atoms with Gasteiger partial charge in [0.15, 0.2) is 0 Å². The van der Waals surface area contributed by atoms with Crippen LogP contribution >= 0.6 is 0 Å². The van der Waals surface area contributed by atoms with E-state index in [0.29, 0.717) is 0 Å². The Balaban J connectivity index is 2.97. The maximum atomic E-state index is 11.3. The summed E-state index contributed by atoms with van der Waals surface area (Å²) in [7, 11) is 3.33. The Bertz CT molecular complexity index is 364. The van der Waals surface area contributed by atoms with Crippen LogP contribution in [0.15, 0.2) is 18.2 Å².